The van der Waals surface area contributed by atoms with E-state index < -0.39 is 0 Å². The van der Waals surface area contributed by atoms with Gasteiger partial charge in [-0.05, 0) is 51.1 Å². The number of nitrogens with one attached hydrogen (secondary N) is 1. The number of aromatic nitrogens is 1. The SMILES string of the molecule is CCCNCCn1ccc2cc(OC(C)C)ccc21. The van der Waals surface area contributed by atoms with Crippen LogP contribution in [0.25, 0.3) is 10.9 Å². The molecular formula is C16H24N2O. The number of nitrogens with zero attached hydrogens (tertiary/aromatic N) is 1. The molecule has 0 unspecified atom stereocenters. The largest absolute Gasteiger partial charge is 0.491 e. The molecule has 0 saturated heterocycles. The predicted octanol–water partition coefficient (Wildman–Crippen LogP) is 3.43. The van der Waals surface area contributed by atoms with Gasteiger partial charge in [-0.2, -0.15) is 0 Å². The van der Waals surface area contributed by atoms with E-state index in [1.165, 1.54) is 17.3 Å². The number of fused-ring (bicyclic) bond motifs is 1. The van der Waals surface area contributed by atoms with E-state index in [4.69, 9.17) is 4.74 Å². The lowest BCUT2D eigenvalue weighted by Crippen LogP contribution is -2.20. The second kappa shape index (κ2) is 6.62. The molecule has 1 heterocycles. The zero-order valence-corrected chi connectivity index (χ0v) is 12.1. The summed E-state index contributed by atoms with van der Waals surface area (Å²) in [6.07, 6.45) is 3.55. The number of hydrogen-bond acceptors (Lipinski definition) is 2. The Kier molecular flexibility index (Phi) is 4.86. The standard InChI is InChI=1S/C16H24N2O/c1-4-8-17-9-11-18-10-7-14-12-15(19-13(2)3)5-6-16(14)18/h5-7,10,12-13,17H,4,8-9,11H2,1-3H3. The minimum absolute atomic E-state index is 0.220. The van der Waals surface area contributed by atoms with E-state index in [-0.39, 0.29) is 6.10 Å². The first-order valence-electron chi connectivity index (χ1n) is 7.17. The Morgan fingerprint density at radius 1 is 1.21 bits per heavy atom. The summed E-state index contributed by atoms with van der Waals surface area (Å²) >= 11 is 0. The molecule has 0 fully saturated rings. The van der Waals surface area contributed by atoms with Crippen molar-refractivity contribution in [3.05, 3.63) is 30.5 Å². The van der Waals surface area contributed by atoms with E-state index in [1.54, 1.807) is 0 Å². The van der Waals surface area contributed by atoms with E-state index in [0.29, 0.717) is 0 Å². The molecule has 0 saturated carbocycles. The molecule has 1 aromatic carbocycles. The summed E-state index contributed by atoms with van der Waals surface area (Å²) < 4.78 is 8.01. The van der Waals surface area contributed by atoms with Gasteiger partial charge < -0.3 is 14.6 Å². The Morgan fingerprint density at radius 3 is 2.79 bits per heavy atom. The number of benzene rings is 1. The quantitative estimate of drug-likeness (QED) is 0.772. The van der Waals surface area contributed by atoms with Gasteiger partial charge in [-0.1, -0.05) is 6.92 Å². The summed E-state index contributed by atoms with van der Waals surface area (Å²) in [5.74, 6) is 0.948. The first-order chi connectivity index (χ1) is 9.20. The molecule has 3 nitrogen and oxygen atoms in total. The summed E-state index contributed by atoms with van der Waals surface area (Å²) in [5, 5.41) is 4.67. The molecule has 0 aliphatic heterocycles. The van der Waals surface area contributed by atoms with Crippen LogP contribution in [0.1, 0.15) is 27.2 Å². The molecular weight excluding hydrogens is 236 g/mol. The molecule has 19 heavy (non-hydrogen) atoms. The van der Waals surface area contributed by atoms with Crippen molar-refractivity contribution in [2.75, 3.05) is 13.1 Å². The maximum atomic E-state index is 5.72. The molecule has 0 spiro atoms. The van der Waals surface area contributed by atoms with Crippen molar-refractivity contribution in [3.8, 4) is 5.75 Å². The molecule has 0 aliphatic rings. The molecule has 0 bridgehead atoms. The van der Waals surface area contributed by atoms with Crippen LogP contribution in [0.5, 0.6) is 5.75 Å². The molecule has 1 aromatic heterocycles. The van der Waals surface area contributed by atoms with Crippen LogP contribution in [0.15, 0.2) is 30.5 Å². The summed E-state index contributed by atoms with van der Waals surface area (Å²) in [6.45, 7) is 9.40. The lowest BCUT2D eigenvalue weighted by molar-refractivity contribution is 0.243. The van der Waals surface area contributed by atoms with Crippen molar-refractivity contribution < 1.29 is 4.74 Å². The first-order valence-corrected chi connectivity index (χ1v) is 7.17. The normalized spacial score (nSPS) is 11.4. The van der Waals surface area contributed by atoms with Crippen LogP contribution < -0.4 is 10.1 Å². The van der Waals surface area contributed by atoms with Crippen LogP contribution in [0, 0.1) is 0 Å². The van der Waals surface area contributed by atoms with Gasteiger partial charge in [-0.15, -0.1) is 0 Å². The minimum atomic E-state index is 0.220. The van der Waals surface area contributed by atoms with Gasteiger partial charge in [0.15, 0.2) is 0 Å². The van der Waals surface area contributed by atoms with Crippen molar-refractivity contribution in [1.82, 2.24) is 9.88 Å². The van der Waals surface area contributed by atoms with Crippen molar-refractivity contribution in [3.63, 3.8) is 0 Å². The fraction of sp³-hybridized carbons (Fsp3) is 0.500. The third kappa shape index (κ3) is 3.74. The van der Waals surface area contributed by atoms with Crippen molar-refractivity contribution in [1.29, 1.82) is 0 Å². The topological polar surface area (TPSA) is 26.2 Å². The fourth-order valence-corrected chi connectivity index (χ4v) is 2.22. The second-order valence-corrected chi connectivity index (χ2v) is 5.15. The molecule has 0 radical (unpaired) electrons. The molecule has 1 N–H and O–H groups in total. The molecule has 104 valence electrons. The van der Waals surface area contributed by atoms with Crippen LogP contribution in [0.2, 0.25) is 0 Å². The van der Waals surface area contributed by atoms with Gasteiger partial charge in [0.25, 0.3) is 0 Å². The van der Waals surface area contributed by atoms with Gasteiger partial charge in [0.2, 0.25) is 0 Å². The molecule has 0 amide bonds. The maximum absolute atomic E-state index is 5.72. The Bertz CT molecular complexity index is 516. The van der Waals surface area contributed by atoms with E-state index in [2.05, 4.69) is 61.1 Å². The highest BCUT2D eigenvalue weighted by Gasteiger charge is 2.03. The lowest BCUT2D eigenvalue weighted by Gasteiger charge is -2.10. The zero-order chi connectivity index (χ0) is 13.7. The Morgan fingerprint density at radius 2 is 2.05 bits per heavy atom. The van der Waals surface area contributed by atoms with E-state index in [0.717, 1.165) is 25.4 Å². The summed E-state index contributed by atoms with van der Waals surface area (Å²) in [7, 11) is 0. The number of ether oxygens (including phenoxy) is 1. The third-order valence-corrected chi connectivity index (χ3v) is 3.07. The van der Waals surface area contributed by atoms with Crippen molar-refractivity contribution in [2.24, 2.45) is 0 Å². The summed E-state index contributed by atoms with van der Waals surface area (Å²) in [5.41, 5.74) is 1.27. The van der Waals surface area contributed by atoms with Crippen LogP contribution in [0.3, 0.4) is 0 Å². The number of hydrogen-bond donors (Lipinski definition) is 1. The average molecular weight is 260 g/mol. The van der Waals surface area contributed by atoms with Crippen LogP contribution >= 0.6 is 0 Å². The van der Waals surface area contributed by atoms with Gasteiger partial charge >= 0.3 is 0 Å². The number of rotatable bonds is 7. The van der Waals surface area contributed by atoms with Crippen molar-refractivity contribution >= 4 is 10.9 Å². The van der Waals surface area contributed by atoms with Gasteiger partial charge in [0.05, 0.1) is 6.10 Å². The minimum Gasteiger partial charge on any atom is -0.491 e. The molecule has 2 rings (SSSR count). The van der Waals surface area contributed by atoms with E-state index in [1.807, 2.05) is 0 Å². The molecule has 0 atom stereocenters. The lowest BCUT2D eigenvalue weighted by atomic mass is 10.2. The highest BCUT2D eigenvalue weighted by Crippen LogP contribution is 2.22. The fourth-order valence-electron chi connectivity index (χ4n) is 2.22. The summed E-state index contributed by atoms with van der Waals surface area (Å²) in [6, 6.07) is 8.47. The van der Waals surface area contributed by atoms with E-state index in [9.17, 15) is 0 Å². The Hall–Kier alpha value is -1.48. The zero-order valence-electron chi connectivity index (χ0n) is 12.1. The second-order valence-electron chi connectivity index (χ2n) is 5.15. The van der Waals surface area contributed by atoms with Gasteiger partial charge in [0, 0.05) is 30.2 Å². The highest BCUT2D eigenvalue weighted by atomic mass is 16.5. The van der Waals surface area contributed by atoms with Gasteiger partial charge in [-0.25, -0.2) is 0 Å². The van der Waals surface area contributed by atoms with Crippen molar-refractivity contribution in [2.45, 2.75) is 39.8 Å². The van der Waals surface area contributed by atoms with Gasteiger partial charge in [0.1, 0.15) is 5.75 Å². The maximum Gasteiger partial charge on any atom is 0.120 e. The van der Waals surface area contributed by atoms with Crippen LogP contribution in [-0.4, -0.2) is 23.8 Å². The van der Waals surface area contributed by atoms with E-state index >= 15 is 0 Å². The van der Waals surface area contributed by atoms with Crippen LogP contribution in [-0.2, 0) is 6.54 Å². The molecule has 2 aromatic rings. The third-order valence-electron chi connectivity index (χ3n) is 3.07. The predicted molar refractivity (Wildman–Crippen MR) is 80.9 cm³/mol. The highest BCUT2D eigenvalue weighted by molar-refractivity contribution is 5.81. The first kappa shape index (κ1) is 13.9. The smallest absolute Gasteiger partial charge is 0.120 e. The Labute approximate surface area is 115 Å². The molecule has 0 aliphatic carbocycles. The van der Waals surface area contributed by atoms with Gasteiger partial charge in [-0.3, -0.25) is 0 Å². The Balaban J connectivity index is 2.06. The average Bonchev–Trinajstić information content (AvgIpc) is 2.76. The molecule has 3 heteroatoms. The summed E-state index contributed by atoms with van der Waals surface area (Å²) in [4.78, 5) is 0. The van der Waals surface area contributed by atoms with Crippen LogP contribution in [0.4, 0.5) is 0 Å². The monoisotopic (exact) mass is 260 g/mol.